The minimum Gasteiger partial charge on any atom is -0.376 e. The molecule has 0 unspecified atom stereocenters. The second-order valence-corrected chi connectivity index (χ2v) is 7.75. The molecule has 1 aliphatic rings. The lowest BCUT2D eigenvalue weighted by Gasteiger charge is -2.14. The first-order valence-corrected chi connectivity index (χ1v) is 10.1. The molecule has 1 saturated heterocycles. The van der Waals surface area contributed by atoms with Crippen molar-refractivity contribution in [1.82, 2.24) is 19.4 Å². The van der Waals surface area contributed by atoms with Gasteiger partial charge >= 0.3 is 0 Å². The average molecular weight is 416 g/mol. The third-order valence-corrected chi connectivity index (χ3v) is 5.69. The van der Waals surface area contributed by atoms with Crippen LogP contribution in [0.4, 0.5) is 0 Å². The fourth-order valence-electron chi connectivity index (χ4n) is 3.57. The lowest BCUT2D eigenvalue weighted by molar-refractivity contribution is 0.0962. The fraction of sp³-hybridized carbons (Fsp3) is 0.350. The Bertz CT molecular complexity index is 1070. The number of aryl methyl sites for hydroxylation is 1. The van der Waals surface area contributed by atoms with Gasteiger partial charge in [-0.1, -0.05) is 23.7 Å². The van der Waals surface area contributed by atoms with E-state index in [1.54, 1.807) is 4.68 Å². The minimum atomic E-state index is 0.295. The Morgan fingerprint density at radius 3 is 2.96 bits per heavy atom. The highest BCUT2D eigenvalue weighted by molar-refractivity contribution is 7.71. The monoisotopic (exact) mass is 415 g/mol. The second kappa shape index (κ2) is 8.03. The molecule has 1 aliphatic heterocycles. The summed E-state index contributed by atoms with van der Waals surface area (Å²) in [5.74, 6) is 0.583. The topological polar surface area (TPSA) is 60.1 Å². The van der Waals surface area contributed by atoms with Crippen LogP contribution in [0.15, 0.2) is 35.4 Å². The molecule has 8 heteroatoms. The molecule has 146 valence electrons. The van der Waals surface area contributed by atoms with Crippen LogP contribution in [0.25, 0.3) is 11.4 Å². The van der Waals surface area contributed by atoms with Crippen molar-refractivity contribution >= 4 is 30.0 Å². The molecule has 0 spiro atoms. The molecule has 28 heavy (non-hydrogen) atoms. The molecular weight excluding hydrogens is 394 g/mol. The van der Waals surface area contributed by atoms with Crippen molar-refractivity contribution < 1.29 is 4.74 Å². The summed E-state index contributed by atoms with van der Waals surface area (Å²) in [5, 5.41) is 12.3. The van der Waals surface area contributed by atoms with Gasteiger partial charge in [0, 0.05) is 35.7 Å². The van der Waals surface area contributed by atoms with E-state index in [0.29, 0.717) is 21.7 Å². The predicted molar refractivity (Wildman–Crippen MR) is 114 cm³/mol. The number of hydrogen-bond acceptors (Lipinski definition) is 4. The van der Waals surface area contributed by atoms with E-state index in [1.807, 2.05) is 30.5 Å². The maximum Gasteiger partial charge on any atom is 0.216 e. The SMILES string of the molecule is Cc1cc(/C=N\n2c(-c3ccccc3Cl)n[nH]c2=S)c(C)n1C[C@@H]1CCCO1. The number of hydrogen-bond donors (Lipinski definition) is 1. The second-order valence-electron chi connectivity index (χ2n) is 6.96. The number of rotatable bonds is 5. The zero-order chi connectivity index (χ0) is 19.7. The van der Waals surface area contributed by atoms with Crippen LogP contribution in [-0.2, 0) is 11.3 Å². The summed E-state index contributed by atoms with van der Waals surface area (Å²) in [5.41, 5.74) is 4.17. The van der Waals surface area contributed by atoms with Crippen LogP contribution in [0, 0.1) is 18.6 Å². The zero-order valence-corrected chi connectivity index (χ0v) is 17.4. The van der Waals surface area contributed by atoms with Gasteiger partial charge in [-0.2, -0.15) is 14.9 Å². The summed E-state index contributed by atoms with van der Waals surface area (Å²) in [6.45, 7) is 5.95. The van der Waals surface area contributed by atoms with Crippen LogP contribution < -0.4 is 0 Å². The smallest absolute Gasteiger partial charge is 0.216 e. The van der Waals surface area contributed by atoms with Crippen molar-refractivity contribution in [2.45, 2.75) is 39.3 Å². The molecule has 0 saturated carbocycles. The molecule has 3 aromatic rings. The molecule has 6 nitrogen and oxygen atoms in total. The third-order valence-electron chi connectivity index (χ3n) is 5.10. The van der Waals surface area contributed by atoms with Crippen molar-refractivity contribution in [3.8, 4) is 11.4 Å². The lowest BCUT2D eigenvalue weighted by atomic mass is 10.2. The number of nitrogens with one attached hydrogen (secondary N) is 1. The zero-order valence-electron chi connectivity index (χ0n) is 15.9. The summed E-state index contributed by atoms with van der Waals surface area (Å²) < 4.78 is 10.1. The van der Waals surface area contributed by atoms with Gasteiger partial charge in [0.15, 0.2) is 5.82 Å². The predicted octanol–water partition coefficient (Wildman–Crippen LogP) is 4.74. The van der Waals surface area contributed by atoms with Crippen molar-refractivity contribution in [2.75, 3.05) is 6.61 Å². The molecule has 0 amide bonds. The standard InChI is InChI=1S/C20H22ClN5OS/c1-13-10-15(14(2)25(13)12-16-6-5-9-27-16)11-22-26-19(23-24-20(26)28)17-7-3-4-8-18(17)21/h3-4,7-8,10-11,16H,5-6,9,12H2,1-2H3,(H,24,28)/b22-11-/t16-/m0/s1. The molecule has 1 N–H and O–H groups in total. The van der Waals surface area contributed by atoms with E-state index in [4.69, 9.17) is 28.6 Å². The quantitative estimate of drug-likeness (QED) is 0.483. The van der Waals surface area contributed by atoms with E-state index in [2.05, 4.69) is 39.8 Å². The summed E-state index contributed by atoms with van der Waals surface area (Å²) >= 11 is 11.7. The van der Waals surface area contributed by atoms with Gasteiger partial charge in [-0.05, 0) is 57.1 Å². The van der Waals surface area contributed by atoms with Gasteiger partial charge in [-0.3, -0.25) is 0 Å². The van der Waals surface area contributed by atoms with Crippen LogP contribution in [0.5, 0.6) is 0 Å². The minimum absolute atomic E-state index is 0.295. The van der Waals surface area contributed by atoms with E-state index in [-0.39, 0.29) is 0 Å². The van der Waals surface area contributed by atoms with E-state index in [0.717, 1.165) is 42.8 Å². The first-order chi connectivity index (χ1) is 13.5. The molecule has 0 radical (unpaired) electrons. The van der Waals surface area contributed by atoms with Crippen molar-refractivity contribution in [3.63, 3.8) is 0 Å². The van der Waals surface area contributed by atoms with Gasteiger partial charge in [-0.25, -0.2) is 5.10 Å². The Hall–Kier alpha value is -2.22. The van der Waals surface area contributed by atoms with Crippen LogP contribution in [0.2, 0.25) is 5.02 Å². The Labute approximate surface area is 173 Å². The van der Waals surface area contributed by atoms with Crippen molar-refractivity contribution in [2.24, 2.45) is 5.10 Å². The molecule has 0 bridgehead atoms. The highest BCUT2D eigenvalue weighted by Gasteiger charge is 2.18. The Morgan fingerprint density at radius 2 is 2.21 bits per heavy atom. The van der Waals surface area contributed by atoms with E-state index in [9.17, 15) is 0 Å². The van der Waals surface area contributed by atoms with Crippen molar-refractivity contribution in [1.29, 1.82) is 0 Å². The molecular formula is C20H22ClN5OS. The highest BCUT2D eigenvalue weighted by Crippen LogP contribution is 2.26. The molecule has 3 heterocycles. The van der Waals surface area contributed by atoms with Crippen LogP contribution in [0.1, 0.15) is 29.8 Å². The number of aromatic nitrogens is 4. The molecule has 0 aliphatic carbocycles. The maximum absolute atomic E-state index is 6.32. The van der Waals surface area contributed by atoms with Gasteiger partial charge in [-0.15, -0.1) is 0 Å². The normalized spacial score (nSPS) is 17.0. The van der Waals surface area contributed by atoms with Crippen molar-refractivity contribution in [3.05, 3.63) is 57.1 Å². The van der Waals surface area contributed by atoms with Gasteiger partial charge < -0.3 is 9.30 Å². The van der Waals surface area contributed by atoms with Crippen LogP contribution in [0.3, 0.4) is 0 Å². The largest absolute Gasteiger partial charge is 0.376 e. The molecule has 1 aromatic carbocycles. The number of H-pyrrole nitrogens is 1. The summed E-state index contributed by atoms with van der Waals surface area (Å²) in [7, 11) is 0. The van der Waals surface area contributed by atoms with Gasteiger partial charge in [0.05, 0.1) is 17.3 Å². The number of benzene rings is 1. The number of halogens is 1. The number of ether oxygens (including phenoxy) is 1. The van der Waals surface area contributed by atoms with Gasteiger partial charge in [0.2, 0.25) is 4.77 Å². The third kappa shape index (κ3) is 3.70. The fourth-order valence-corrected chi connectivity index (χ4v) is 3.97. The van der Waals surface area contributed by atoms with E-state index in [1.165, 1.54) is 5.69 Å². The average Bonchev–Trinajstić information content (AvgIpc) is 3.38. The lowest BCUT2D eigenvalue weighted by Crippen LogP contribution is -2.16. The Morgan fingerprint density at radius 1 is 1.39 bits per heavy atom. The summed E-state index contributed by atoms with van der Waals surface area (Å²) in [6.07, 6.45) is 4.37. The molecule has 2 aromatic heterocycles. The highest BCUT2D eigenvalue weighted by atomic mass is 35.5. The van der Waals surface area contributed by atoms with Crippen LogP contribution in [-0.4, -0.2) is 38.4 Å². The maximum atomic E-state index is 6.32. The number of nitrogens with zero attached hydrogens (tertiary/aromatic N) is 4. The first-order valence-electron chi connectivity index (χ1n) is 9.29. The molecule has 1 atom stereocenters. The Balaban J connectivity index is 1.65. The van der Waals surface area contributed by atoms with E-state index < -0.39 is 0 Å². The summed E-state index contributed by atoms with van der Waals surface area (Å²) in [6, 6.07) is 9.64. The Kier molecular flexibility index (Phi) is 5.48. The van der Waals surface area contributed by atoms with Crippen LogP contribution >= 0.6 is 23.8 Å². The number of aromatic amines is 1. The van der Waals surface area contributed by atoms with E-state index >= 15 is 0 Å². The van der Waals surface area contributed by atoms with Gasteiger partial charge in [0.25, 0.3) is 0 Å². The first kappa shape index (κ1) is 19.1. The molecule has 1 fully saturated rings. The molecule has 4 rings (SSSR count). The summed E-state index contributed by atoms with van der Waals surface area (Å²) in [4.78, 5) is 0. The van der Waals surface area contributed by atoms with Gasteiger partial charge in [0.1, 0.15) is 0 Å².